The van der Waals surface area contributed by atoms with E-state index in [2.05, 4.69) is 6.58 Å². The number of primary amides is 1. The summed E-state index contributed by atoms with van der Waals surface area (Å²) in [6.07, 6.45) is 5.46. The maximum absolute atomic E-state index is 13.3. The van der Waals surface area contributed by atoms with E-state index in [0.717, 1.165) is 5.56 Å². The van der Waals surface area contributed by atoms with E-state index in [-0.39, 0.29) is 37.4 Å². The minimum absolute atomic E-state index is 0.0396. The molecule has 0 bridgehead atoms. The topological polar surface area (TPSA) is 104 Å². The molecule has 0 aromatic heterocycles. The Morgan fingerprint density at radius 3 is 2.29 bits per heavy atom. The number of nitrogens with zero attached hydrogens (tertiary/aromatic N) is 3. The molecule has 4 amide bonds. The second kappa shape index (κ2) is 9.97. The third-order valence-corrected chi connectivity index (χ3v) is 6.34. The molecule has 1 atom stereocenters. The lowest BCUT2D eigenvalue weighted by Crippen LogP contribution is -2.41. The van der Waals surface area contributed by atoms with Crippen molar-refractivity contribution in [3.05, 3.63) is 89.5 Å². The first-order valence-corrected chi connectivity index (χ1v) is 11.5. The molecule has 4 rings (SSSR count). The van der Waals surface area contributed by atoms with Gasteiger partial charge in [-0.3, -0.25) is 19.2 Å². The first-order valence-electron chi connectivity index (χ1n) is 11.5. The van der Waals surface area contributed by atoms with Crippen LogP contribution in [-0.4, -0.2) is 53.1 Å². The van der Waals surface area contributed by atoms with Crippen molar-refractivity contribution < 1.29 is 19.2 Å². The van der Waals surface area contributed by atoms with Crippen molar-refractivity contribution in [1.82, 2.24) is 9.80 Å². The van der Waals surface area contributed by atoms with Crippen LogP contribution in [-0.2, 0) is 22.7 Å². The predicted molar refractivity (Wildman–Crippen MR) is 132 cm³/mol. The van der Waals surface area contributed by atoms with Crippen LogP contribution in [0, 0.1) is 5.92 Å². The molecule has 2 N–H and O–H groups in total. The van der Waals surface area contributed by atoms with Gasteiger partial charge >= 0.3 is 0 Å². The molecule has 2 heterocycles. The largest absolute Gasteiger partial charge is 0.366 e. The molecule has 0 fully saturated rings. The molecule has 0 saturated carbocycles. The van der Waals surface area contributed by atoms with Crippen LogP contribution in [0.5, 0.6) is 0 Å². The van der Waals surface area contributed by atoms with E-state index >= 15 is 0 Å². The van der Waals surface area contributed by atoms with Gasteiger partial charge in [0.05, 0.1) is 12.5 Å². The van der Waals surface area contributed by atoms with Crippen LogP contribution in [0.3, 0.4) is 0 Å². The first-order chi connectivity index (χ1) is 16.8. The normalized spacial score (nSPS) is 16.0. The summed E-state index contributed by atoms with van der Waals surface area (Å²) in [5.74, 6) is -1.54. The van der Waals surface area contributed by atoms with Gasteiger partial charge in [-0.05, 0) is 41.5 Å². The minimum Gasteiger partial charge on any atom is -0.366 e. The zero-order chi connectivity index (χ0) is 25.1. The molecule has 8 heteroatoms. The molecule has 0 radical (unpaired) electrons. The van der Waals surface area contributed by atoms with Crippen molar-refractivity contribution >= 4 is 29.3 Å². The molecule has 35 heavy (non-hydrogen) atoms. The van der Waals surface area contributed by atoms with Gasteiger partial charge in [0.25, 0.3) is 5.91 Å². The summed E-state index contributed by atoms with van der Waals surface area (Å²) in [7, 11) is 0. The van der Waals surface area contributed by atoms with Crippen molar-refractivity contribution in [3.63, 3.8) is 0 Å². The summed E-state index contributed by atoms with van der Waals surface area (Å²) < 4.78 is 0. The number of nitrogens with two attached hydrogens (primary N) is 1. The van der Waals surface area contributed by atoms with E-state index in [1.165, 1.54) is 11.0 Å². The van der Waals surface area contributed by atoms with Gasteiger partial charge in [0.2, 0.25) is 17.7 Å². The Morgan fingerprint density at radius 2 is 1.66 bits per heavy atom. The molecule has 180 valence electrons. The van der Waals surface area contributed by atoms with E-state index in [0.29, 0.717) is 35.5 Å². The first kappa shape index (κ1) is 23.9. The van der Waals surface area contributed by atoms with Crippen LogP contribution in [0.2, 0.25) is 0 Å². The highest BCUT2D eigenvalue weighted by Crippen LogP contribution is 2.29. The van der Waals surface area contributed by atoms with Gasteiger partial charge in [-0.2, -0.15) is 0 Å². The number of hydrogen-bond acceptors (Lipinski definition) is 4. The molecule has 2 aliphatic rings. The molecule has 2 aliphatic heterocycles. The molecule has 0 spiro atoms. The van der Waals surface area contributed by atoms with E-state index in [1.807, 2.05) is 24.3 Å². The van der Waals surface area contributed by atoms with Gasteiger partial charge in [0, 0.05) is 36.4 Å². The van der Waals surface area contributed by atoms with Crippen LogP contribution in [0.25, 0.3) is 0 Å². The SMILES string of the molecule is C=CC(C)C(=O)N1CC(=O)N(Cc2ccc(C(=O)N3CC=CC3)cc2)c2ccc(C(N)=O)cc2C1. The Hall–Kier alpha value is -4.20. The second-order valence-corrected chi connectivity index (χ2v) is 8.78. The van der Waals surface area contributed by atoms with E-state index in [9.17, 15) is 19.2 Å². The molecule has 8 nitrogen and oxygen atoms in total. The summed E-state index contributed by atoms with van der Waals surface area (Å²) >= 11 is 0. The molecular weight excluding hydrogens is 444 g/mol. The zero-order valence-electron chi connectivity index (χ0n) is 19.6. The maximum atomic E-state index is 13.3. The third kappa shape index (κ3) is 5.01. The highest BCUT2D eigenvalue weighted by Gasteiger charge is 2.30. The van der Waals surface area contributed by atoms with Crippen molar-refractivity contribution in [2.75, 3.05) is 24.5 Å². The Labute approximate surface area is 204 Å². The number of hydrogen-bond donors (Lipinski definition) is 1. The van der Waals surface area contributed by atoms with Crippen LogP contribution in [0.15, 0.2) is 67.3 Å². The smallest absolute Gasteiger partial charge is 0.254 e. The van der Waals surface area contributed by atoms with Crippen molar-refractivity contribution in [1.29, 1.82) is 0 Å². The van der Waals surface area contributed by atoms with E-state index in [4.69, 9.17) is 5.73 Å². The van der Waals surface area contributed by atoms with Crippen molar-refractivity contribution in [2.24, 2.45) is 11.7 Å². The van der Waals surface area contributed by atoms with E-state index < -0.39 is 11.8 Å². The Kier molecular flexibility index (Phi) is 6.82. The standard InChI is InChI=1S/C27H28N4O4/c1-3-18(2)26(34)30-16-22-14-21(25(28)33)10-11-23(22)31(24(32)17-30)15-19-6-8-20(9-7-19)27(35)29-12-4-5-13-29/h3-11,14,18H,1,12-13,15-17H2,2H3,(H2,28,33). The van der Waals surface area contributed by atoms with Gasteiger partial charge < -0.3 is 20.4 Å². The Balaban J connectivity index is 1.62. The average Bonchev–Trinajstić information content (AvgIpc) is 3.36. The molecular formula is C27H28N4O4. The van der Waals surface area contributed by atoms with Gasteiger partial charge in [-0.1, -0.05) is 37.3 Å². The van der Waals surface area contributed by atoms with Gasteiger partial charge in [-0.15, -0.1) is 6.58 Å². The van der Waals surface area contributed by atoms with Crippen LogP contribution >= 0.6 is 0 Å². The van der Waals surface area contributed by atoms with Crippen molar-refractivity contribution in [3.8, 4) is 0 Å². The predicted octanol–water partition coefficient (Wildman–Crippen LogP) is 2.50. The summed E-state index contributed by atoms with van der Waals surface area (Å²) in [6.45, 7) is 6.94. The number of anilines is 1. The van der Waals surface area contributed by atoms with Crippen LogP contribution in [0.4, 0.5) is 5.69 Å². The maximum Gasteiger partial charge on any atom is 0.254 e. The monoisotopic (exact) mass is 472 g/mol. The fraction of sp³-hybridized carbons (Fsp3) is 0.259. The summed E-state index contributed by atoms with van der Waals surface area (Å²) in [6, 6.07) is 12.1. The lowest BCUT2D eigenvalue weighted by atomic mass is 10.1. The Morgan fingerprint density at radius 1 is 1.00 bits per heavy atom. The molecule has 2 aromatic carbocycles. The van der Waals surface area contributed by atoms with Crippen LogP contribution < -0.4 is 10.6 Å². The molecule has 0 saturated heterocycles. The number of benzene rings is 2. The van der Waals surface area contributed by atoms with Gasteiger partial charge in [0.15, 0.2) is 0 Å². The average molecular weight is 473 g/mol. The summed E-state index contributed by atoms with van der Waals surface area (Å²) in [4.78, 5) is 55.4. The fourth-order valence-corrected chi connectivity index (χ4v) is 4.25. The number of carbonyl (C=O) groups is 4. The molecule has 0 aliphatic carbocycles. The number of carbonyl (C=O) groups excluding carboxylic acids is 4. The van der Waals surface area contributed by atoms with Crippen molar-refractivity contribution in [2.45, 2.75) is 20.0 Å². The summed E-state index contributed by atoms with van der Waals surface area (Å²) in [5.41, 5.74) is 8.47. The third-order valence-electron chi connectivity index (χ3n) is 6.34. The number of fused-ring (bicyclic) bond motifs is 1. The molecule has 1 unspecified atom stereocenters. The minimum atomic E-state index is -0.583. The summed E-state index contributed by atoms with van der Waals surface area (Å²) in [5, 5.41) is 0. The number of amides is 4. The fourth-order valence-electron chi connectivity index (χ4n) is 4.25. The lowest BCUT2D eigenvalue weighted by molar-refractivity contribution is -0.137. The molecule has 2 aromatic rings. The number of rotatable bonds is 6. The van der Waals surface area contributed by atoms with Gasteiger partial charge in [0.1, 0.15) is 6.54 Å². The highest BCUT2D eigenvalue weighted by molar-refractivity contribution is 6.00. The van der Waals surface area contributed by atoms with Gasteiger partial charge in [-0.25, -0.2) is 0 Å². The quantitative estimate of drug-likeness (QED) is 0.653. The highest BCUT2D eigenvalue weighted by atomic mass is 16.2. The zero-order valence-corrected chi connectivity index (χ0v) is 19.6. The lowest BCUT2D eigenvalue weighted by Gasteiger charge is -2.24. The van der Waals surface area contributed by atoms with E-state index in [1.54, 1.807) is 47.1 Å². The van der Waals surface area contributed by atoms with Crippen LogP contribution in [0.1, 0.15) is 38.8 Å². The Bertz CT molecular complexity index is 1210. The second-order valence-electron chi connectivity index (χ2n) is 8.78.